The highest BCUT2D eigenvalue weighted by atomic mass is 16.5. The van der Waals surface area contributed by atoms with Crippen LogP contribution in [0.5, 0.6) is 5.75 Å². The predicted octanol–water partition coefficient (Wildman–Crippen LogP) is 1.78. The zero-order valence-corrected chi connectivity index (χ0v) is 12.9. The summed E-state index contributed by atoms with van der Waals surface area (Å²) in [7, 11) is 5.66. The molecular weight excluding hydrogens is 242 g/mol. The molecule has 2 atom stereocenters. The lowest BCUT2D eigenvalue weighted by atomic mass is 9.90. The molecule has 0 aromatic carbocycles. The van der Waals surface area contributed by atoms with E-state index in [2.05, 4.69) is 30.8 Å². The van der Waals surface area contributed by atoms with Crippen molar-refractivity contribution in [2.24, 2.45) is 11.8 Å². The minimum Gasteiger partial charge on any atom is -0.493 e. The average Bonchev–Trinajstić information content (AvgIpc) is 2.77. The van der Waals surface area contributed by atoms with Crippen LogP contribution < -0.4 is 4.74 Å². The van der Waals surface area contributed by atoms with Gasteiger partial charge in [0.05, 0.1) is 19.9 Å². The number of nitrogens with zero attached hydrogens (tertiary/aromatic N) is 3. The van der Waals surface area contributed by atoms with Crippen molar-refractivity contribution in [1.82, 2.24) is 14.7 Å². The fourth-order valence-corrected chi connectivity index (χ4v) is 1.92. The third-order valence-electron chi connectivity index (χ3n) is 3.65. The maximum Gasteiger partial charge on any atom is 0.162 e. The Balaban J connectivity index is 2.98. The molecule has 0 aliphatic carbocycles. The summed E-state index contributed by atoms with van der Waals surface area (Å²) in [5.74, 6) is 1.22. The van der Waals surface area contributed by atoms with Gasteiger partial charge in [-0.25, -0.2) is 0 Å². The molecule has 110 valence electrons. The quantitative estimate of drug-likeness (QED) is 0.820. The van der Waals surface area contributed by atoms with Crippen LogP contribution in [0.25, 0.3) is 0 Å². The molecule has 1 aromatic rings. The molecule has 19 heavy (non-hydrogen) atoms. The molecule has 2 unspecified atom stereocenters. The van der Waals surface area contributed by atoms with E-state index < -0.39 is 6.10 Å². The number of rotatable bonds is 7. The summed E-state index contributed by atoms with van der Waals surface area (Å²) in [5, 5.41) is 14.9. The van der Waals surface area contributed by atoms with Gasteiger partial charge in [-0.1, -0.05) is 20.8 Å². The summed E-state index contributed by atoms with van der Waals surface area (Å²) in [6.45, 7) is 7.90. The number of hydrogen-bond acceptors (Lipinski definition) is 4. The Bertz CT molecular complexity index is 388. The van der Waals surface area contributed by atoms with Crippen molar-refractivity contribution < 1.29 is 9.84 Å². The van der Waals surface area contributed by atoms with Gasteiger partial charge in [0.25, 0.3) is 0 Å². The minimum atomic E-state index is -0.556. The van der Waals surface area contributed by atoms with E-state index in [0.717, 1.165) is 18.8 Å². The first-order valence-corrected chi connectivity index (χ1v) is 6.81. The van der Waals surface area contributed by atoms with Gasteiger partial charge in [-0.05, 0) is 25.9 Å². The fraction of sp³-hybridized carbons (Fsp3) is 0.786. The van der Waals surface area contributed by atoms with Gasteiger partial charge in [0.1, 0.15) is 11.8 Å². The Hall–Kier alpha value is -1.07. The standard InChI is InChI=1S/C14H27N3O2/c1-10(2)11(3)14(18)13-12(19-6)9-15-17(13)8-7-16(4)5/h9-11,14,18H,7-8H2,1-6H3. The molecule has 0 bridgehead atoms. The fourth-order valence-electron chi connectivity index (χ4n) is 1.92. The number of aliphatic hydroxyl groups excluding tert-OH is 1. The lowest BCUT2D eigenvalue weighted by Crippen LogP contribution is -2.23. The van der Waals surface area contributed by atoms with Crippen LogP contribution in [0, 0.1) is 11.8 Å². The molecule has 1 aromatic heterocycles. The summed E-state index contributed by atoms with van der Waals surface area (Å²) >= 11 is 0. The highest BCUT2D eigenvalue weighted by Gasteiger charge is 2.26. The van der Waals surface area contributed by atoms with Gasteiger partial charge >= 0.3 is 0 Å². The molecule has 0 saturated carbocycles. The average molecular weight is 269 g/mol. The summed E-state index contributed by atoms with van der Waals surface area (Å²) in [4.78, 5) is 2.09. The van der Waals surface area contributed by atoms with Crippen LogP contribution in [-0.4, -0.2) is 47.5 Å². The third kappa shape index (κ3) is 3.94. The lowest BCUT2D eigenvalue weighted by Gasteiger charge is -2.24. The molecule has 0 spiro atoms. The van der Waals surface area contributed by atoms with E-state index in [4.69, 9.17) is 4.74 Å². The number of aromatic nitrogens is 2. The molecule has 1 rings (SSSR count). The number of hydrogen-bond donors (Lipinski definition) is 1. The molecule has 0 fully saturated rings. The van der Waals surface area contributed by atoms with Crippen LogP contribution >= 0.6 is 0 Å². The summed E-state index contributed by atoms with van der Waals surface area (Å²) in [6, 6.07) is 0. The van der Waals surface area contributed by atoms with Crippen LogP contribution in [-0.2, 0) is 6.54 Å². The Morgan fingerprint density at radius 3 is 2.47 bits per heavy atom. The Labute approximate surface area is 116 Å². The van der Waals surface area contributed by atoms with E-state index in [1.807, 2.05) is 18.8 Å². The van der Waals surface area contributed by atoms with Gasteiger partial charge < -0.3 is 14.7 Å². The van der Waals surface area contributed by atoms with Crippen LogP contribution in [0.4, 0.5) is 0 Å². The zero-order chi connectivity index (χ0) is 14.6. The van der Waals surface area contributed by atoms with Gasteiger partial charge in [-0.3, -0.25) is 4.68 Å². The van der Waals surface area contributed by atoms with Gasteiger partial charge in [0, 0.05) is 6.54 Å². The first-order valence-electron chi connectivity index (χ1n) is 6.81. The Morgan fingerprint density at radius 2 is 2.00 bits per heavy atom. The lowest BCUT2D eigenvalue weighted by molar-refractivity contribution is 0.0805. The topological polar surface area (TPSA) is 50.5 Å². The van der Waals surface area contributed by atoms with Crippen LogP contribution in [0.1, 0.15) is 32.6 Å². The smallest absolute Gasteiger partial charge is 0.162 e. The van der Waals surface area contributed by atoms with Crippen LogP contribution in [0.15, 0.2) is 6.20 Å². The van der Waals surface area contributed by atoms with E-state index in [0.29, 0.717) is 11.7 Å². The molecule has 0 aliphatic heterocycles. The van der Waals surface area contributed by atoms with E-state index in [1.165, 1.54) is 0 Å². The number of ether oxygens (including phenoxy) is 1. The first-order chi connectivity index (χ1) is 8.88. The minimum absolute atomic E-state index is 0.156. The number of likely N-dealkylation sites (N-methyl/N-ethyl adjacent to an activating group) is 1. The maximum absolute atomic E-state index is 10.6. The monoisotopic (exact) mass is 269 g/mol. The second-order valence-corrected chi connectivity index (χ2v) is 5.67. The summed E-state index contributed by atoms with van der Waals surface area (Å²) in [5.41, 5.74) is 0.783. The molecule has 0 amide bonds. The highest BCUT2D eigenvalue weighted by molar-refractivity contribution is 5.27. The van der Waals surface area contributed by atoms with Crippen molar-refractivity contribution in [1.29, 1.82) is 0 Å². The van der Waals surface area contributed by atoms with Gasteiger partial charge in [-0.15, -0.1) is 0 Å². The summed E-state index contributed by atoms with van der Waals surface area (Å²) in [6.07, 6.45) is 1.13. The van der Waals surface area contributed by atoms with Crippen LogP contribution in [0.3, 0.4) is 0 Å². The molecule has 1 N–H and O–H groups in total. The van der Waals surface area contributed by atoms with E-state index in [-0.39, 0.29) is 5.92 Å². The largest absolute Gasteiger partial charge is 0.493 e. The van der Waals surface area contributed by atoms with Gasteiger partial charge in [0.2, 0.25) is 0 Å². The van der Waals surface area contributed by atoms with Crippen LogP contribution in [0.2, 0.25) is 0 Å². The predicted molar refractivity (Wildman–Crippen MR) is 76.3 cm³/mol. The van der Waals surface area contributed by atoms with Crippen molar-refractivity contribution in [3.8, 4) is 5.75 Å². The molecule has 0 radical (unpaired) electrons. The SMILES string of the molecule is COc1cnn(CCN(C)C)c1C(O)C(C)C(C)C. The van der Waals surface area contributed by atoms with Crippen molar-refractivity contribution in [3.05, 3.63) is 11.9 Å². The first kappa shape index (κ1) is 16.0. The van der Waals surface area contributed by atoms with E-state index >= 15 is 0 Å². The Kier molecular flexibility index (Phi) is 5.82. The number of aliphatic hydroxyl groups is 1. The molecule has 0 saturated heterocycles. The molecular formula is C14H27N3O2. The second-order valence-electron chi connectivity index (χ2n) is 5.67. The molecule has 5 nitrogen and oxygen atoms in total. The van der Waals surface area contributed by atoms with Crippen molar-refractivity contribution in [3.63, 3.8) is 0 Å². The number of methoxy groups -OCH3 is 1. The van der Waals surface area contributed by atoms with Crippen molar-refractivity contribution >= 4 is 0 Å². The third-order valence-corrected chi connectivity index (χ3v) is 3.65. The second kappa shape index (κ2) is 6.91. The van der Waals surface area contributed by atoms with E-state index in [1.54, 1.807) is 13.3 Å². The van der Waals surface area contributed by atoms with Crippen molar-refractivity contribution in [2.75, 3.05) is 27.7 Å². The van der Waals surface area contributed by atoms with Gasteiger partial charge in [0.15, 0.2) is 5.75 Å². The summed E-state index contributed by atoms with van der Waals surface area (Å²) < 4.78 is 7.18. The maximum atomic E-state index is 10.6. The Morgan fingerprint density at radius 1 is 1.37 bits per heavy atom. The molecule has 1 heterocycles. The zero-order valence-electron chi connectivity index (χ0n) is 12.9. The van der Waals surface area contributed by atoms with Crippen molar-refractivity contribution in [2.45, 2.75) is 33.4 Å². The molecule has 5 heteroatoms. The molecule has 0 aliphatic rings. The highest BCUT2D eigenvalue weighted by Crippen LogP contribution is 2.33. The van der Waals surface area contributed by atoms with Gasteiger partial charge in [-0.2, -0.15) is 5.10 Å². The van der Waals surface area contributed by atoms with E-state index in [9.17, 15) is 5.11 Å². The normalized spacial score (nSPS) is 15.0.